The summed E-state index contributed by atoms with van der Waals surface area (Å²) in [6, 6.07) is 3.77. The Hall–Kier alpha value is -1.36. The van der Waals surface area contributed by atoms with Crippen LogP contribution in [0.1, 0.15) is 0 Å². The van der Waals surface area contributed by atoms with E-state index in [1.807, 2.05) is 19.2 Å². The highest BCUT2D eigenvalue weighted by Gasteiger charge is 2.11. The molecule has 2 N–H and O–H groups in total. The number of pyridine rings is 1. The predicted molar refractivity (Wildman–Crippen MR) is 58.6 cm³/mol. The van der Waals surface area contributed by atoms with Gasteiger partial charge in [-0.25, -0.2) is 4.98 Å². The number of nitrogen functional groups attached to an aromatic ring is 1. The zero-order valence-corrected chi connectivity index (χ0v) is 9.19. The summed E-state index contributed by atoms with van der Waals surface area (Å²) in [6.07, 6.45) is 3.41. The van der Waals surface area contributed by atoms with Crippen LogP contribution in [0.5, 0.6) is 0 Å². The van der Waals surface area contributed by atoms with Crippen LogP contribution in [0.2, 0.25) is 0 Å². The number of halogens is 1. The first-order valence-electron chi connectivity index (χ1n) is 4.08. The van der Waals surface area contributed by atoms with E-state index in [1.165, 1.54) is 0 Å². The number of nitrogens with two attached hydrogens (primary N) is 1. The summed E-state index contributed by atoms with van der Waals surface area (Å²) in [7, 11) is 1.87. The fourth-order valence-electron chi connectivity index (χ4n) is 1.33. The summed E-state index contributed by atoms with van der Waals surface area (Å²) >= 11 is 3.42. The highest BCUT2D eigenvalue weighted by molar-refractivity contribution is 9.10. The van der Waals surface area contributed by atoms with Gasteiger partial charge in [-0.1, -0.05) is 0 Å². The molecule has 2 heterocycles. The van der Waals surface area contributed by atoms with Gasteiger partial charge in [-0.2, -0.15) is 5.10 Å². The average Bonchev–Trinajstić information content (AvgIpc) is 2.48. The highest BCUT2D eigenvalue weighted by Crippen LogP contribution is 2.29. The summed E-state index contributed by atoms with van der Waals surface area (Å²) in [5.74, 6) is 0.511. The van der Waals surface area contributed by atoms with Crippen LogP contribution in [0.25, 0.3) is 11.3 Å². The largest absolute Gasteiger partial charge is 0.383 e. The van der Waals surface area contributed by atoms with E-state index < -0.39 is 0 Å². The van der Waals surface area contributed by atoms with Gasteiger partial charge in [0.25, 0.3) is 0 Å². The molecule has 2 aromatic rings. The molecule has 4 nitrogen and oxygen atoms in total. The van der Waals surface area contributed by atoms with Gasteiger partial charge >= 0.3 is 0 Å². The first-order chi connectivity index (χ1) is 6.70. The van der Waals surface area contributed by atoms with Gasteiger partial charge in [0.2, 0.25) is 0 Å². The van der Waals surface area contributed by atoms with Crippen LogP contribution in [0, 0.1) is 0 Å². The smallest absolute Gasteiger partial charge is 0.132 e. The van der Waals surface area contributed by atoms with Gasteiger partial charge in [0.1, 0.15) is 5.82 Å². The van der Waals surface area contributed by atoms with Crippen molar-refractivity contribution in [3.63, 3.8) is 0 Å². The van der Waals surface area contributed by atoms with Gasteiger partial charge in [0, 0.05) is 18.8 Å². The summed E-state index contributed by atoms with van der Waals surface area (Å²) in [5.41, 5.74) is 7.61. The molecule has 0 bridgehead atoms. The highest BCUT2D eigenvalue weighted by atomic mass is 79.9. The molecule has 0 aliphatic rings. The van der Waals surface area contributed by atoms with E-state index in [0.29, 0.717) is 5.82 Å². The molecule has 0 aliphatic carbocycles. The Kier molecular flexibility index (Phi) is 2.25. The van der Waals surface area contributed by atoms with E-state index in [1.54, 1.807) is 17.1 Å². The molecular weight excluding hydrogens is 244 g/mol. The number of aromatic nitrogens is 3. The second kappa shape index (κ2) is 3.42. The van der Waals surface area contributed by atoms with Crippen molar-refractivity contribution < 1.29 is 0 Å². The number of hydrogen-bond acceptors (Lipinski definition) is 3. The molecule has 0 amide bonds. The van der Waals surface area contributed by atoms with E-state index >= 15 is 0 Å². The van der Waals surface area contributed by atoms with Crippen molar-refractivity contribution in [1.29, 1.82) is 0 Å². The Bertz CT molecular complexity index is 444. The summed E-state index contributed by atoms with van der Waals surface area (Å²) in [5, 5.41) is 4.12. The lowest BCUT2D eigenvalue weighted by Gasteiger charge is -2.05. The monoisotopic (exact) mass is 252 g/mol. The minimum Gasteiger partial charge on any atom is -0.383 e. The average molecular weight is 253 g/mol. The number of anilines is 1. The Balaban J connectivity index is 2.66. The minimum atomic E-state index is 0.511. The van der Waals surface area contributed by atoms with Crippen molar-refractivity contribution in [2.45, 2.75) is 0 Å². The normalized spacial score (nSPS) is 10.4. The Morgan fingerprint density at radius 1 is 1.50 bits per heavy atom. The van der Waals surface area contributed by atoms with Gasteiger partial charge in [-0.3, -0.25) is 4.68 Å². The summed E-state index contributed by atoms with van der Waals surface area (Å²) in [4.78, 5) is 4.03. The molecular formula is C9H9BrN4. The lowest BCUT2D eigenvalue weighted by atomic mass is 10.2. The molecule has 5 heteroatoms. The lowest BCUT2D eigenvalue weighted by molar-refractivity contribution is 0.775. The standard InChI is InChI=1S/C9H9BrN4/c1-14-8(7(10)5-13-14)6-3-2-4-12-9(6)11/h2-5H,1H3,(H2,11,12). The van der Waals surface area contributed by atoms with E-state index in [-0.39, 0.29) is 0 Å². The lowest BCUT2D eigenvalue weighted by Crippen LogP contribution is -1.98. The number of hydrogen-bond donors (Lipinski definition) is 1. The number of nitrogens with zero attached hydrogens (tertiary/aromatic N) is 3. The van der Waals surface area contributed by atoms with Crippen LogP contribution >= 0.6 is 15.9 Å². The molecule has 72 valence electrons. The van der Waals surface area contributed by atoms with Crippen LogP contribution in [-0.4, -0.2) is 14.8 Å². The summed E-state index contributed by atoms with van der Waals surface area (Å²) in [6.45, 7) is 0. The molecule has 0 spiro atoms. The van der Waals surface area contributed by atoms with Gasteiger partial charge in [0.05, 0.1) is 16.4 Å². The molecule has 0 radical (unpaired) electrons. The zero-order valence-electron chi connectivity index (χ0n) is 7.61. The summed E-state index contributed by atoms with van der Waals surface area (Å²) < 4.78 is 2.68. The van der Waals surface area contributed by atoms with E-state index in [0.717, 1.165) is 15.7 Å². The van der Waals surface area contributed by atoms with Crippen molar-refractivity contribution in [3.8, 4) is 11.3 Å². The Labute approximate surface area is 89.9 Å². The maximum atomic E-state index is 5.78. The number of rotatable bonds is 1. The Morgan fingerprint density at radius 3 is 2.86 bits per heavy atom. The van der Waals surface area contributed by atoms with E-state index in [9.17, 15) is 0 Å². The van der Waals surface area contributed by atoms with E-state index in [2.05, 4.69) is 26.0 Å². The molecule has 14 heavy (non-hydrogen) atoms. The molecule has 0 fully saturated rings. The van der Waals surface area contributed by atoms with Gasteiger partial charge < -0.3 is 5.73 Å². The fraction of sp³-hybridized carbons (Fsp3) is 0.111. The maximum Gasteiger partial charge on any atom is 0.132 e. The third-order valence-electron chi connectivity index (χ3n) is 1.99. The molecule has 0 unspecified atom stereocenters. The van der Waals surface area contributed by atoms with Crippen molar-refractivity contribution in [2.24, 2.45) is 7.05 Å². The SMILES string of the molecule is Cn1ncc(Br)c1-c1cccnc1N. The molecule has 2 aromatic heterocycles. The predicted octanol–water partition coefficient (Wildman–Crippen LogP) is 1.83. The van der Waals surface area contributed by atoms with Crippen LogP contribution in [0.3, 0.4) is 0 Å². The first kappa shape index (κ1) is 9.21. The molecule has 0 saturated carbocycles. The molecule has 0 atom stereocenters. The third kappa shape index (κ3) is 1.39. The van der Waals surface area contributed by atoms with E-state index in [4.69, 9.17) is 5.73 Å². The zero-order chi connectivity index (χ0) is 10.1. The van der Waals surface area contributed by atoms with Crippen LogP contribution < -0.4 is 5.73 Å². The van der Waals surface area contributed by atoms with Crippen LogP contribution in [0.4, 0.5) is 5.82 Å². The molecule has 2 rings (SSSR count). The van der Waals surface area contributed by atoms with Gasteiger partial charge in [-0.05, 0) is 28.1 Å². The fourth-order valence-corrected chi connectivity index (χ4v) is 1.89. The maximum absolute atomic E-state index is 5.78. The second-order valence-electron chi connectivity index (χ2n) is 2.90. The number of aryl methyl sites for hydroxylation is 1. The van der Waals surface area contributed by atoms with Gasteiger partial charge in [0.15, 0.2) is 0 Å². The molecule has 0 aromatic carbocycles. The van der Waals surface area contributed by atoms with Crippen molar-refractivity contribution in [3.05, 3.63) is 29.0 Å². The molecule has 0 aliphatic heterocycles. The third-order valence-corrected chi connectivity index (χ3v) is 2.57. The first-order valence-corrected chi connectivity index (χ1v) is 4.88. The quantitative estimate of drug-likeness (QED) is 0.843. The van der Waals surface area contributed by atoms with Crippen molar-refractivity contribution >= 4 is 21.7 Å². The molecule has 0 saturated heterocycles. The van der Waals surface area contributed by atoms with Crippen LogP contribution in [-0.2, 0) is 7.05 Å². The van der Waals surface area contributed by atoms with Gasteiger partial charge in [-0.15, -0.1) is 0 Å². The Morgan fingerprint density at radius 2 is 2.29 bits per heavy atom. The van der Waals surface area contributed by atoms with Crippen LogP contribution in [0.15, 0.2) is 29.0 Å². The van der Waals surface area contributed by atoms with Crippen molar-refractivity contribution in [1.82, 2.24) is 14.8 Å². The topological polar surface area (TPSA) is 56.7 Å². The second-order valence-corrected chi connectivity index (χ2v) is 3.76. The van der Waals surface area contributed by atoms with Crippen molar-refractivity contribution in [2.75, 3.05) is 5.73 Å². The minimum absolute atomic E-state index is 0.511.